The van der Waals surface area contributed by atoms with E-state index in [1.54, 1.807) is 0 Å². The van der Waals surface area contributed by atoms with Gasteiger partial charge in [0, 0.05) is 49.8 Å². The Hall–Kier alpha value is -3.27. The van der Waals surface area contributed by atoms with Crippen LogP contribution in [0, 0.1) is 11.8 Å². The quantitative estimate of drug-likeness (QED) is 0.215. The third-order valence-electron chi connectivity index (χ3n) is 9.21. The first-order valence-corrected chi connectivity index (χ1v) is 15.1. The lowest BCUT2D eigenvalue weighted by atomic mass is 9.61. The monoisotopic (exact) mass is 629 g/mol. The highest BCUT2D eigenvalue weighted by Crippen LogP contribution is 2.68. The molecule has 3 aromatic carbocycles. The highest BCUT2D eigenvalue weighted by molar-refractivity contribution is 9.12. The molecular weight excluding hydrogens is 606 g/mol. The highest BCUT2D eigenvalue weighted by Gasteiger charge is 2.61. The number of benzene rings is 3. The third kappa shape index (κ3) is 3.39. The summed E-state index contributed by atoms with van der Waals surface area (Å²) in [5.41, 5.74) is 10.4. The van der Waals surface area contributed by atoms with Crippen molar-refractivity contribution >= 4 is 37.4 Å². The second-order valence-corrected chi connectivity index (χ2v) is 12.8. The minimum Gasteiger partial charge on any atom is -0.256 e. The van der Waals surface area contributed by atoms with E-state index in [0.717, 1.165) is 15.7 Å². The molecule has 4 aliphatic carbocycles. The normalized spacial score (nSPS) is 27.4. The molecule has 0 aliphatic heterocycles. The Morgan fingerprint density at radius 3 is 2.28 bits per heavy atom. The summed E-state index contributed by atoms with van der Waals surface area (Å²) in [6.07, 6.45) is 16.4. The molecule has 1 nitrogen and oxygen atoms in total. The fraction of sp³-hybridized carbons (Fsp3) is 0.139. The molecule has 0 N–H and O–H groups in total. The zero-order valence-corrected chi connectivity index (χ0v) is 24.3. The molecule has 3 heteroatoms. The fourth-order valence-electron chi connectivity index (χ4n) is 7.76. The van der Waals surface area contributed by atoms with Gasteiger partial charge in [0.1, 0.15) is 0 Å². The van der Waals surface area contributed by atoms with E-state index in [0.29, 0.717) is 23.7 Å². The minimum absolute atomic E-state index is 0.149. The summed E-state index contributed by atoms with van der Waals surface area (Å²) in [5.74, 6) is 1.34. The summed E-state index contributed by atoms with van der Waals surface area (Å²) >= 11 is 7.69. The Balaban J connectivity index is 1.35. The Morgan fingerprint density at radius 2 is 1.41 bits per heavy atom. The predicted octanol–water partition coefficient (Wildman–Crippen LogP) is 9.73. The summed E-state index contributed by atoms with van der Waals surface area (Å²) in [4.78, 5) is 4.60. The average molecular weight is 631 g/mol. The molecule has 5 atom stereocenters. The van der Waals surface area contributed by atoms with E-state index in [1.165, 1.54) is 37.9 Å². The maximum Gasteiger partial charge on any atom is 0.0702 e. The lowest BCUT2D eigenvalue weighted by molar-refractivity contribution is 0.312. The number of rotatable bonds is 2. The number of pyridine rings is 1. The van der Waals surface area contributed by atoms with Crippen LogP contribution in [0.2, 0.25) is 0 Å². The minimum atomic E-state index is -0.149. The van der Waals surface area contributed by atoms with Gasteiger partial charge in [0.2, 0.25) is 0 Å². The van der Waals surface area contributed by atoms with Gasteiger partial charge < -0.3 is 0 Å². The van der Waals surface area contributed by atoms with Crippen LogP contribution in [0.3, 0.4) is 0 Å². The zero-order valence-electron chi connectivity index (χ0n) is 21.1. The van der Waals surface area contributed by atoms with Crippen molar-refractivity contribution in [2.75, 3.05) is 0 Å². The van der Waals surface area contributed by atoms with Gasteiger partial charge in [-0.05, 0) is 63.7 Å². The van der Waals surface area contributed by atoms with E-state index in [4.69, 9.17) is 0 Å². The number of hydrogen-bond donors (Lipinski definition) is 0. The first-order chi connectivity index (χ1) is 19.1. The van der Waals surface area contributed by atoms with Crippen LogP contribution in [0.4, 0.5) is 0 Å². The van der Waals surface area contributed by atoms with Crippen LogP contribution in [0.1, 0.15) is 39.7 Å². The molecule has 4 aromatic rings. The zero-order chi connectivity index (χ0) is 26.1. The number of fused-ring (bicyclic) bond motifs is 10. The van der Waals surface area contributed by atoms with E-state index in [2.05, 4.69) is 152 Å². The molecule has 1 heterocycles. The summed E-state index contributed by atoms with van der Waals surface area (Å²) in [7, 11) is 0. The van der Waals surface area contributed by atoms with Crippen molar-refractivity contribution in [1.82, 2.24) is 4.98 Å². The predicted molar refractivity (Wildman–Crippen MR) is 167 cm³/mol. The van der Waals surface area contributed by atoms with Crippen LogP contribution in [0.25, 0.3) is 16.8 Å². The first-order valence-electron chi connectivity index (χ1n) is 13.5. The van der Waals surface area contributed by atoms with Crippen molar-refractivity contribution in [3.05, 3.63) is 164 Å². The van der Waals surface area contributed by atoms with E-state index in [-0.39, 0.29) is 5.41 Å². The van der Waals surface area contributed by atoms with Gasteiger partial charge in [-0.1, -0.05) is 123 Å². The van der Waals surface area contributed by atoms with Gasteiger partial charge in [0.05, 0.1) is 5.69 Å². The van der Waals surface area contributed by atoms with Crippen molar-refractivity contribution in [3.8, 4) is 11.3 Å². The fourth-order valence-corrected chi connectivity index (χ4v) is 8.56. The molecule has 1 spiro atoms. The van der Waals surface area contributed by atoms with Gasteiger partial charge >= 0.3 is 0 Å². The van der Waals surface area contributed by atoms with Crippen molar-refractivity contribution in [1.29, 1.82) is 0 Å². The Labute approximate surface area is 246 Å². The maximum atomic E-state index is 4.60. The van der Waals surface area contributed by atoms with Crippen LogP contribution in [-0.4, -0.2) is 4.98 Å². The SMILES string of the molecule is BrC1=CC2C(C=C1)c1ccc(Br)cc1C21c2ccccc2C2C=CC(c3cccc(-c4ccccn4)c3)=CC21. The van der Waals surface area contributed by atoms with Gasteiger partial charge in [-0.25, -0.2) is 0 Å². The summed E-state index contributed by atoms with van der Waals surface area (Å²) in [6, 6.07) is 31.1. The van der Waals surface area contributed by atoms with E-state index in [9.17, 15) is 0 Å². The largest absolute Gasteiger partial charge is 0.256 e. The van der Waals surface area contributed by atoms with Crippen LogP contribution < -0.4 is 0 Å². The molecule has 1 aromatic heterocycles. The highest BCUT2D eigenvalue weighted by atomic mass is 79.9. The van der Waals surface area contributed by atoms with Gasteiger partial charge in [0.15, 0.2) is 0 Å². The van der Waals surface area contributed by atoms with Crippen LogP contribution in [0.5, 0.6) is 0 Å². The van der Waals surface area contributed by atoms with Crippen molar-refractivity contribution in [2.45, 2.75) is 17.3 Å². The molecule has 0 saturated carbocycles. The molecule has 188 valence electrons. The van der Waals surface area contributed by atoms with Gasteiger partial charge in [-0.2, -0.15) is 0 Å². The number of halogens is 2. The van der Waals surface area contributed by atoms with E-state index < -0.39 is 0 Å². The second-order valence-electron chi connectivity index (χ2n) is 11.0. The van der Waals surface area contributed by atoms with Gasteiger partial charge in [-0.15, -0.1) is 0 Å². The lowest BCUT2D eigenvalue weighted by Crippen LogP contribution is -2.39. The molecule has 39 heavy (non-hydrogen) atoms. The molecule has 0 bridgehead atoms. The summed E-state index contributed by atoms with van der Waals surface area (Å²) in [6.45, 7) is 0. The molecular formula is C36H25Br2N. The topological polar surface area (TPSA) is 12.9 Å². The first kappa shape index (κ1) is 23.6. The Morgan fingerprint density at radius 1 is 0.641 bits per heavy atom. The Kier molecular flexibility index (Phi) is 5.37. The van der Waals surface area contributed by atoms with Gasteiger partial charge in [0.25, 0.3) is 0 Å². The van der Waals surface area contributed by atoms with Crippen LogP contribution in [0.15, 0.2) is 137 Å². The number of allylic oxidation sites excluding steroid dienone is 8. The number of aromatic nitrogens is 1. The van der Waals surface area contributed by atoms with E-state index in [1.807, 2.05) is 12.3 Å². The van der Waals surface area contributed by atoms with Crippen LogP contribution in [-0.2, 0) is 5.41 Å². The molecule has 8 rings (SSSR count). The average Bonchev–Trinajstić information content (AvgIpc) is 3.43. The van der Waals surface area contributed by atoms with Crippen molar-refractivity contribution in [2.24, 2.45) is 11.8 Å². The molecule has 4 aliphatic rings. The van der Waals surface area contributed by atoms with E-state index >= 15 is 0 Å². The molecule has 5 unspecified atom stereocenters. The third-order valence-corrected chi connectivity index (χ3v) is 10.2. The lowest BCUT2D eigenvalue weighted by Gasteiger charge is -2.41. The summed E-state index contributed by atoms with van der Waals surface area (Å²) in [5, 5.41) is 0. The molecule has 0 fully saturated rings. The van der Waals surface area contributed by atoms with Gasteiger partial charge in [-0.3, -0.25) is 4.98 Å². The standard InChI is InChI=1S/C36H25Br2N/c37-25-12-15-29-30-16-13-26(38)21-34(30)36(33(29)20-25)31-9-2-1-8-27(31)28-14-11-23(19-32(28)36)22-6-5-7-24(18-22)35-10-3-4-17-39-35/h1-21,28-29,32-33H. The Bertz CT molecular complexity index is 1760. The maximum absolute atomic E-state index is 4.60. The molecule has 0 amide bonds. The molecule has 0 radical (unpaired) electrons. The van der Waals surface area contributed by atoms with Crippen molar-refractivity contribution < 1.29 is 0 Å². The smallest absolute Gasteiger partial charge is 0.0702 e. The number of hydrogen-bond acceptors (Lipinski definition) is 1. The second kappa shape index (κ2) is 8.87. The molecule has 0 saturated heterocycles. The summed E-state index contributed by atoms with van der Waals surface area (Å²) < 4.78 is 2.32. The van der Waals surface area contributed by atoms with Crippen LogP contribution >= 0.6 is 31.9 Å². The number of nitrogens with zero attached hydrogens (tertiary/aromatic N) is 1. The van der Waals surface area contributed by atoms with Crippen molar-refractivity contribution in [3.63, 3.8) is 0 Å².